The van der Waals surface area contributed by atoms with Crippen molar-refractivity contribution in [3.63, 3.8) is 0 Å². The molecule has 0 saturated carbocycles. The first-order chi connectivity index (χ1) is 16.0. The number of amides is 3. The average molecular weight is 465 g/mol. The second-order valence-corrected chi connectivity index (χ2v) is 7.88. The highest BCUT2D eigenvalue weighted by molar-refractivity contribution is 8.18. The molecule has 1 fully saturated rings. The zero-order valence-electron chi connectivity index (χ0n) is 17.6. The molecule has 0 bridgehead atoms. The molecule has 10 nitrogen and oxygen atoms in total. The van der Waals surface area contributed by atoms with Gasteiger partial charge in [0.1, 0.15) is 5.75 Å². The van der Waals surface area contributed by atoms with Gasteiger partial charge in [-0.15, -0.1) is 0 Å². The maximum absolute atomic E-state index is 12.7. The molecule has 0 spiro atoms. The lowest BCUT2D eigenvalue weighted by Gasteiger charge is -2.14. The van der Waals surface area contributed by atoms with Crippen LogP contribution in [0, 0.1) is 6.92 Å². The van der Waals surface area contributed by atoms with Crippen molar-refractivity contribution in [3.8, 4) is 5.75 Å². The lowest BCUT2D eigenvalue weighted by atomic mass is 10.2. The van der Waals surface area contributed by atoms with E-state index in [-0.39, 0.29) is 24.9 Å². The largest absolute Gasteiger partial charge is 0.485 e. The van der Waals surface area contributed by atoms with Gasteiger partial charge in [-0.3, -0.25) is 24.3 Å². The molecule has 1 aromatic carbocycles. The number of aromatic nitrogens is 3. The van der Waals surface area contributed by atoms with Crippen molar-refractivity contribution in [2.75, 3.05) is 13.1 Å². The zero-order chi connectivity index (χ0) is 23.2. The number of hydrogen-bond donors (Lipinski definition) is 1. The number of rotatable bonds is 8. The molecule has 1 N–H and O–H groups in total. The van der Waals surface area contributed by atoms with E-state index in [1.165, 1.54) is 0 Å². The van der Waals surface area contributed by atoms with Crippen LogP contribution < -0.4 is 10.1 Å². The molecule has 0 atom stereocenters. The number of benzene rings is 1. The Hall–Kier alpha value is -3.99. The van der Waals surface area contributed by atoms with Gasteiger partial charge in [0.15, 0.2) is 6.61 Å². The van der Waals surface area contributed by atoms with Gasteiger partial charge in [0.05, 0.1) is 10.5 Å². The van der Waals surface area contributed by atoms with Crippen molar-refractivity contribution in [1.82, 2.24) is 25.3 Å². The number of para-hydroxylation sites is 1. The fourth-order valence-corrected chi connectivity index (χ4v) is 3.87. The molecule has 3 aromatic rings. The van der Waals surface area contributed by atoms with Crippen LogP contribution in [0.25, 0.3) is 6.08 Å². The van der Waals surface area contributed by atoms with E-state index in [2.05, 4.69) is 20.4 Å². The predicted molar refractivity (Wildman–Crippen MR) is 119 cm³/mol. The van der Waals surface area contributed by atoms with Gasteiger partial charge in [-0.25, -0.2) is 0 Å². The summed E-state index contributed by atoms with van der Waals surface area (Å²) in [6, 6.07) is 10.3. The molecular weight excluding hydrogens is 446 g/mol. The number of ether oxygens (including phenoxy) is 1. The Morgan fingerprint density at radius 2 is 2.09 bits per heavy atom. The molecule has 0 aliphatic carbocycles. The van der Waals surface area contributed by atoms with Crippen molar-refractivity contribution in [2.45, 2.75) is 13.5 Å². The van der Waals surface area contributed by atoms with Crippen LogP contribution in [-0.4, -0.2) is 50.2 Å². The maximum Gasteiger partial charge on any atom is 0.293 e. The summed E-state index contributed by atoms with van der Waals surface area (Å²) < 4.78 is 10.6. The van der Waals surface area contributed by atoms with E-state index < -0.39 is 11.8 Å². The molecule has 3 amide bonds. The second kappa shape index (κ2) is 10.1. The van der Waals surface area contributed by atoms with E-state index in [1.54, 1.807) is 61.8 Å². The van der Waals surface area contributed by atoms with Crippen LogP contribution >= 0.6 is 11.8 Å². The first-order valence-electron chi connectivity index (χ1n) is 9.96. The molecule has 11 heteroatoms. The third-order valence-electron chi connectivity index (χ3n) is 4.53. The van der Waals surface area contributed by atoms with Crippen LogP contribution in [0.5, 0.6) is 5.75 Å². The number of carbonyl (C=O) groups is 3. The van der Waals surface area contributed by atoms with Crippen LogP contribution in [0.2, 0.25) is 0 Å². The standard InChI is InChI=1S/C22H19N5O5S/c1-14-25-19(26-32-14)13-31-17-7-3-2-6-16(17)20(28)24-9-10-27-21(29)18(33-22(27)30)11-15-5-4-8-23-12-15/h2-8,11-12H,9-10,13H2,1H3,(H,24,28)/b18-11-. The summed E-state index contributed by atoms with van der Waals surface area (Å²) in [4.78, 5) is 47.0. The number of hydrogen-bond acceptors (Lipinski definition) is 9. The topological polar surface area (TPSA) is 128 Å². The molecular formula is C22H19N5O5S. The van der Waals surface area contributed by atoms with Gasteiger partial charge in [0.25, 0.3) is 17.1 Å². The Bertz CT molecular complexity index is 1210. The molecule has 1 aliphatic heterocycles. The Kier molecular flexibility index (Phi) is 6.79. The number of carbonyl (C=O) groups excluding carboxylic acids is 3. The number of pyridine rings is 1. The average Bonchev–Trinajstić information content (AvgIpc) is 3.36. The molecule has 4 rings (SSSR count). The van der Waals surface area contributed by atoms with Gasteiger partial charge >= 0.3 is 0 Å². The van der Waals surface area contributed by atoms with E-state index in [4.69, 9.17) is 9.26 Å². The van der Waals surface area contributed by atoms with Crippen LogP contribution in [0.3, 0.4) is 0 Å². The van der Waals surface area contributed by atoms with E-state index >= 15 is 0 Å². The van der Waals surface area contributed by atoms with E-state index in [9.17, 15) is 14.4 Å². The minimum absolute atomic E-state index is 0.0433. The number of nitrogens with one attached hydrogen (secondary N) is 1. The molecule has 1 aliphatic rings. The predicted octanol–water partition coefficient (Wildman–Crippen LogP) is 2.82. The number of nitrogens with zero attached hydrogens (tertiary/aromatic N) is 4. The number of aryl methyl sites for hydroxylation is 1. The summed E-state index contributed by atoms with van der Waals surface area (Å²) in [5.41, 5.74) is 1.03. The minimum atomic E-state index is -0.401. The molecule has 1 saturated heterocycles. The smallest absolute Gasteiger partial charge is 0.293 e. The Morgan fingerprint density at radius 3 is 2.85 bits per heavy atom. The third kappa shape index (κ3) is 5.44. The van der Waals surface area contributed by atoms with Gasteiger partial charge in [-0.05, 0) is 41.6 Å². The van der Waals surface area contributed by atoms with E-state index in [1.807, 2.05) is 0 Å². The van der Waals surface area contributed by atoms with Crippen molar-refractivity contribution in [2.24, 2.45) is 0 Å². The monoisotopic (exact) mass is 465 g/mol. The maximum atomic E-state index is 12.7. The summed E-state index contributed by atoms with van der Waals surface area (Å²) in [6.07, 6.45) is 4.85. The highest BCUT2D eigenvalue weighted by Gasteiger charge is 2.34. The van der Waals surface area contributed by atoms with E-state index in [0.717, 1.165) is 22.2 Å². The normalized spacial score (nSPS) is 14.7. The zero-order valence-corrected chi connectivity index (χ0v) is 18.4. The van der Waals surface area contributed by atoms with Gasteiger partial charge in [-0.2, -0.15) is 4.98 Å². The van der Waals surface area contributed by atoms with Gasteiger partial charge in [0.2, 0.25) is 11.7 Å². The van der Waals surface area contributed by atoms with Crippen LogP contribution in [-0.2, 0) is 11.4 Å². The van der Waals surface area contributed by atoms with Gasteiger partial charge in [0, 0.05) is 32.4 Å². The number of imide groups is 1. The Morgan fingerprint density at radius 1 is 1.24 bits per heavy atom. The highest BCUT2D eigenvalue weighted by Crippen LogP contribution is 2.31. The van der Waals surface area contributed by atoms with Crippen molar-refractivity contribution in [1.29, 1.82) is 0 Å². The molecule has 0 unspecified atom stereocenters. The summed E-state index contributed by atoms with van der Waals surface area (Å²) in [5, 5.41) is 6.09. The Balaban J connectivity index is 1.33. The summed E-state index contributed by atoms with van der Waals surface area (Å²) in [6.45, 7) is 1.85. The van der Waals surface area contributed by atoms with Gasteiger partial charge in [-0.1, -0.05) is 23.4 Å². The Labute approximate surface area is 193 Å². The molecule has 0 radical (unpaired) electrons. The van der Waals surface area contributed by atoms with Crippen molar-refractivity contribution in [3.05, 3.63) is 76.5 Å². The first-order valence-corrected chi connectivity index (χ1v) is 10.8. The molecule has 2 aromatic heterocycles. The van der Waals surface area contributed by atoms with Crippen LogP contribution in [0.1, 0.15) is 27.6 Å². The lowest BCUT2D eigenvalue weighted by Crippen LogP contribution is -2.37. The summed E-state index contributed by atoms with van der Waals surface area (Å²) in [5.74, 6) is 0.335. The van der Waals surface area contributed by atoms with Crippen LogP contribution in [0.4, 0.5) is 4.79 Å². The first kappa shape index (κ1) is 22.2. The SMILES string of the molecule is Cc1nc(COc2ccccc2C(=O)NCCN2C(=O)S/C(=C\c3cccnc3)C2=O)no1. The lowest BCUT2D eigenvalue weighted by molar-refractivity contribution is -0.122. The number of thioether (sulfide) groups is 1. The highest BCUT2D eigenvalue weighted by atomic mass is 32.2. The quantitative estimate of drug-likeness (QED) is 0.499. The fourth-order valence-electron chi connectivity index (χ4n) is 3.00. The second-order valence-electron chi connectivity index (χ2n) is 6.89. The molecule has 33 heavy (non-hydrogen) atoms. The molecule has 3 heterocycles. The minimum Gasteiger partial charge on any atom is -0.485 e. The summed E-state index contributed by atoms with van der Waals surface area (Å²) >= 11 is 0.859. The van der Waals surface area contributed by atoms with Crippen LogP contribution in [0.15, 0.2) is 58.2 Å². The third-order valence-corrected chi connectivity index (χ3v) is 5.44. The van der Waals surface area contributed by atoms with E-state index in [0.29, 0.717) is 27.9 Å². The van der Waals surface area contributed by atoms with Crippen molar-refractivity contribution >= 4 is 34.9 Å². The van der Waals surface area contributed by atoms with Gasteiger partial charge < -0.3 is 14.6 Å². The summed E-state index contributed by atoms with van der Waals surface area (Å²) in [7, 11) is 0. The van der Waals surface area contributed by atoms with Crippen molar-refractivity contribution < 1.29 is 23.6 Å². The molecule has 168 valence electrons. The fraction of sp³-hybridized carbons (Fsp3) is 0.182.